The lowest BCUT2D eigenvalue weighted by Gasteiger charge is -2.18. The van der Waals surface area contributed by atoms with Gasteiger partial charge in [-0.1, -0.05) is 0 Å². The molecule has 6 heteroatoms. The standard InChI is InChI=1S/C9H13BrN2OS.ClH/c1-6(11)9(13)12(2)4-7-3-8(10)14-5-7;/h3,5-6H,4,11H2,1-2H3;1H/t6-;/m0./s1. The van der Waals surface area contributed by atoms with Crippen molar-refractivity contribution < 1.29 is 4.79 Å². The minimum Gasteiger partial charge on any atom is -0.340 e. The number of hydrogen-bond acceptors (Lipinski definition) is 3. The lowest BCUT2D eigenvalue weighted by atomic mass is 10.2. The Morgan fingerprint density at radius 2 is 2.33 bits per heavy atom. The first-order chi connectivity index (χ1) is 6.50. The van der Waals surface area contributed by atoms with Gasteiger partial charge in [0.1, 0.15) is 0 Å². The number of thiophene rings is 1. The molecule has 0 saturated carbocycles. The third-order valence-electron chi connectivity index (χ3n) is 1.81. The number of nitrogens with two attached hydrogens (primary N) is 1. The van der Waals surface area contributed by atoms with Crippen molar-refractivity contribution in [3.8, 4) is 0 Å². The molecule has 1 aromatic heterocycles. The predicted molar refractivity (Wildman–Crippen MR) is 69.4 cm³/mol. The molecule has 1 aromatic rings. The van der Waals surface area contributed by atoms with Crippen molar-refractivity contribution in [1.82, 2.24) is 4.90 Å². The van der Waals surface area contributed by atoms with E-state index >= 15 is 0 Å². The second kappa shape index (κ2) is 6.48. The quantitative estimate of drug-likeness (QED) is 0.930. The molecule has 1 atom stereocenters. The van der Waals surface area contributed by atoms with E-state index in [0.29, 0.717) is 6.54 Å². The van der Waals surface area contributed by atoms with Crippen LogP contribution in [0.1, 0.15) is 12.5 Å². The molecule has 0 spiro atoms. The fraction of sp³-hybridized carbons (Fsp3) is 0.444. The number of amides is 1. The van der Waals surface area contributed by atoms with E-state index in [1.165, 1.54) is 0 Å². The number of carbonyl (C=O) groups excluding carboxylic acids is 1. The third-order valence-corrected chi connectivity index (χ3v) is 3.36. The van der Waals surface area contributed by atoms with Gasteiger partial charge in [-0.25, -0.2) is 0 Å². The van der Waals surface area contributed by atoms with Crippen LogP contribution in [0.15, 0.2) is 15.2 Å². The van der Waals surface area contributed by atoms with Crippen molar-refractivity contribution in [2.45, 2.75) is 19.5 Å². The maximum Gasteiger partial charge on any atom is 0.239 e. The summed E-state index contributed by atoms with van der Waals surface area (Å²) in [5, 5.41) is 2.02. The van der Waals surface area contributed by atoms with E-state index in [-0.39, 0.29) is 18.3 Å². The van der Waals surface area contributed by atoms with Crippen LogP contribution < -0.4 is 5.73 Å². The second-order valence-corrected chi connectivity index (χ2v) is 5.53. The zero-order valence-corrected chi connectivity index (χ0v) is 11.8. The van der Waals surface area contributed by atoms with Crippen molar-refractivity contribution in [1.29, 1.82) is 0 Å². The molecule has 0 aliphatic carbocycles. The summed E-state index contributed by atoms with van der Waals surface area (Å²) in [5.74, 6) is -0.0349. The maximum atomic E-state index is 11.4. The summed E-state index contributed by atoms with van der Waals surface area (Å²) >= 11 is 4.99. The minimum atomic E-state index is -0.429. The van der Waals surface area contributed by atoms with E-state index in [4.69, 9.17) is 5.73 Å². The highest BCUT2D eigenvalue weighted by molar-refractivity contribution is 9.11. The molecule has 1 rings (SSSR count). The van der Waals surface area contributed by atoms with Gasteiger partial charge < -0.3 is 10.6 Å². The lowest BCUT2D eigenvalue weighted by molar-refractivity contribution is -0.131. The summed E-state index contributed by atoms with van der Waals surface area (Å²) in [4.78, 5) is 13.1. The molecule has 1 amide bonds. The average Bonchev–Trinajstić information content (AvgIpc) is 2.49. The van der Waals surface area contributed by atoms with Crippen LogP contribution in [0.3, 0.4) is 0 Å². The minimum absolute atomic E-state index is 0. The number of nitrogens with zero attached hydrogens (tertiary/aromatic N) is 1. The fourth-order valence-corrected chi connectivity index (χ4v) is 2.33. The zero-order valence-electron chi connectivity index (χ0n) is 8.57. The van der Waals surface area contributed by atoms with Crippen molar-refractivity contribution in [2.75, 3.05) is 7.05 Å². The van der Waals surface area contributed by atoms with E-state index < -0.39 is 6.04 Å². The van der Waals surface area contributed by atoms with Crippen LogP contribution in [0.4, 0.5) is 0 Å². The van der Waals surface area contributed by atoms with Crippen LogP contribution in [0.25, 0.3) is 0 Å². The Kier molecular flexibility index (Phi) is 6.43. The molecule has 3 nitrogen and oxygen atoms in total. The third kappa shape index (κ3) is 4.51. The summed E-state index contributed by atoms with van der Waals surface area (Å²) < 4.78 is 1.08. The SMILES string of the molecule is C[C@H](N)C(=O)N(C)Cc1csc(Br)c1.Cl. The zero-order chi connectivity index (χ0) is 10.7. The molecule has 0 bridgehead atoms. The monoisotopic (exact) mass is 312 g/mol. The number of rotatable bonds is 3. The summed E-state index contributed by atoms with van der Waals surface area (Å²) in [6, 6.07) is 1.58. The highest BCUT2D eigenvalue weighted by atomic mass is 79.9. The number of hydrogen-bond donors (Lipinski definition) is 1. The lowest BCUT2D eigenvalue weighted by Crippen LogP contribution is -2.39. The van der Waals surface area contributed by atoms with Crippen LogP contribution in [0, 0.1) is 0 Å². The van der Waals surface area contributed by atoms with E-state index in [1.54, 1.807) is 30.2 Å². The second-order valence-electron chi connectivity index (χ2n) is 3.24. The molecule has 0 fully saturated rings. The largest absolute Gasteiger partial charge is 0.340 e. The van der Waals surface area contributed by atoms with Gasteiger partial charge in [-0.2, -0.15) is 0 Å². The van der Waals surface area contributed by atoms with Crippen molar-refractivity contribution in [2.24, 2.45) is 5.73 Å². The Bertz CT molecular complexity index is 330. The van der Waals surface area contributed by atoms with Gasteiger partial charge in [0.2, 0.25) is 5.91 Å². The molecule has 2 N–H and O–H groups in total. The molecule has 0 aliphatic heterocycles. The smallest absolute Gasteiger partial charge is 0.239 e. The van der Waals surface area contributed by atoms with Crippen LogP contribution >= 0.6 is 39.7 Å². The van der Waals surface area contributed by atoms with Gasteiger partial charge in [0.05, 0.1) is 9.83 Å². The van der Waals surface area contributed by atoms with Gasteiger partial charge >= 0.3 is 0 Å². The van der Waals surface area contributed by atoms with E-state index in [1.807, 2.05) is 11.4 Å². The van der Waals surface area contributed by atoms with Gasteiger partial charge in [0.25, 0.3) is 0 Å². The van der Waals surface area contributed by atoms with Crippen LogP contribution in [0.5, 0.6) is 0 Å². The fourth-order valence-electron chi connectivity index (χ4n) is 1.13. The van der Waals surface area contributed by atoms with Crippen LogP contribution in [-0.4, -0.2) is 23.9 Å². The molecular formula is C9H14BrClN2OS. The Morgan fingerprint density at radius 3 is 2.73 bits per heavy atom. The Morgan fingerprint density at radius 1 is 1.73 bits per heavy atom. The van der Waals surface area contributed by atoms with Gasteiger partial charge in [-0.05, 0) is 39.9 Å². The molecule has 0 radical (unpaired) electrons. The molecule has 86 valence electrons. The number of likely N-dealkylation sites (N-methyl/N-ethyl adjacent to an activating group) is 1. The number of carbonyl (C=O) groups is 1. The van der Waals surface area contributed by atoms with Gasteiger partial charge in [-0.15, -0.1) is 23.7 Å². The molecule has 0 aliphatic rings. The van der Waals surface area contributed by atoms with E-state index in [9.17, 15) is 4.79 Å². The topological polar surface area (TPSA) is 46.3 Å². The molecule has 0 unspecified atom stereocenters. The highest BCUT2D eigenvalue weighted by Crippen LogP contribution is 2.21. The number of halogens is 2. The normalized spacial score (nSPS) is 11.7. The van der Waals surface area contributed by atoms with Crippen molar-refractivity contribution >= 4 is 45.6 Å². The molecule has 1 heterocycles. The Hall–Kier alpha value is -0.100. The Labute approximate surface area is 108 Å². The molecule has 15 heavy (non-hydrogen) atoms. The maximum absolute atomic E-state index is 11.4. The van der Waals surface area contributed by atoms with E-state index in [0.717, 1.165) is 9.35 Å². The van der Waals surface area contributed by atoms with Gasteiger partial charge in [0.15, 0.2) is 0 Å². The van der Waals surface area contributed by atoms with Gasteiger partial charge in [0, 0.05) is 13.6 Å². The average molecular weight is 314 g/mol. The Balaban J connectivity index is 0.00000196. The predicted octanol–water partition coefficient (Wildman–Crippen LogP) is 2.24. The van der Waals surface area contributed by atoms with Crippen molar-refractivity contribution in [3.05, 3.63) is 20.8 Å². The first kappa shape index (κ1) is 14.9. The summed E-state index contributed by atoms with van der Waals surface area (Å²) in [5.41, 5.74) is 6.62. The molecule has 0 saturated heterocycles. The summed E-state index contributed by atoms with van der Waals surface area (Å²) in [6.45, 7) is 2.31. The van der Waals surface area contributed by atoms with Gasteiger partial charge in [-0.3, -0.25) is 4.79 Å². The van der Waals surface area contributed by atoms with E-state index in [2.05, 4.69) is 15.9 Å². The molecule has 0 aromatic carbocycles. The highest BCUT2D eigenvalue weighted by Gasteiger charge is 2.13. The van der Waals surface area contributed by atoms with Crippen LogP contribution in [0.2, 0.25) is 0 Å². The summed E-state index contributed by atoms with van der Waals surface area (Å²) in [6.07, 6.45) is 0. The first-order valence-corrected chi connectivity index (χ1v) is 5.91. The molecular weight excluding hydrogens is 300 g/mol. The summed E-state index contributed by atoms with van der Waals surface area (Å²) in [7, 11) is 1.76. The first-order valence-electron chi connectivity index (χ1n) is 4.24. The van der Waals surface area contributed by atoms with Crippen LogP contribution in [-0.2, 0) is 11.3 Å². The van der Waals surface area contributed by atoms with Crippen molar-refractivity contribution in [3.63, 3.8) is 0 Å².